The number of carbonyl (C=O) groups excluding carboxylic acids is 1. The number of carbonyl (C=O) groups is 1. The maximum Gasteiger partial charge on any atom is 0.244 e. The van der Waals surface area contributed by atoms with Crippen molar-refractivity contribution in [3.05, 3.63) is 88.7 Å². The first-order valence-corrected chi connectivity index (χ1v) is 10.9. The quantitative estimate of drug-likeness (QED) is 0.403. The van der Waals surface area contributed by atoms with Gasteiger partial charge in [0.2, 0.25) is 5.91 Å². The summed E-state index contributed by atoms with van der Waals surface area (Å²) in [5.41, 5.74) is 2.50. The molecule has 0 fully saturated rings. The van der Waals surface area contributed by atoms with E-state index in [0.717, 1.165) is 16.8 Å². The highest BCUT2D eigenvalue weighted by molar-refractivity contribution is 6.32. The van der Waals surface area contributed by atoms with Crippen molar-refractivity contribution in [2.75, 3.05) is 7.11 Å². The fourth-order valence-corrected chi connectivity index (χ4v) is 3.26. The number of hydrogen-bond acceptors (Lipinski definition) is 5. The SMILES string of the molecule is COc1cc(/C=C/C(=O)NCc2cccc(OCc3ccccn3)c2)cc(Cl)c1OC(C)C. The molecular formula is C26H27ClN2O4. The van der Waals surface area contributed by atoms with Gasteiger partial charge in [0.25, 0.3) is 0 Å². The second-order valence-corrected chi connectivity index (χ2v) is 7.92. The van der Waals surface area contributed by atoms with Gasteiger partial charge in [0.1, 0.15) is 12.4 Å². The van der Waals surface area contributed by atoms with Crippen LogP contribution in [0.5, 0.6) is 17.2 Å². The zero-order valence-electron chi connectivity index (χ0n) is 18.9. The zero-order valence-corrected chi connectivity index (χ0v) is 19.6. The summed E-state index contributed by atoms with van der Waals surface area (Å²) < 4.78 is 16.9. The zero-order chi connectivity index (χ0) is 23.6. The molecule has 0 bridgehead atoms. The molecule has 3 aromatic rings. The van der Waals surface area contributed by atoms with E-state index in [1.807, 2.05) is 56.3 Å². The van der Waals surface area contributed by atoms with Gasteiger partial charge in [-0.1, -0.05) is 29.8 Å². The number of aromatic nitrogens is 1. The van der Waals surface area contributed by atoms with E-state index in [9.17, 15) is 4.79 Å². The van der Waals surface area contributed by atoms with Crippen LogP contribution < -0.4 is 19.5 Å². The van der Waals surface area contributed by atoms with Crippen LogP contribution in [0.25, 0.3) is 6.08 Å². The standard InChI is InChI=1S/C26H27ClN2O4/c1-18(2)33-26-23(27)14-19(15-24(26)31-3)10-11-25(30)29-16-20-7-6-9-22(13-20)32-17-21-8-4-5-12-28-21/h4-15,18H,16-17H2,1-3H3,(H,29,30)/b11-10+. The fourth-order valence-electron chi connectivity index (χ4n) is 2.99. The Kier molecular flexibility index (Phi) is 8.72. The number of amides is 1. The molecule has 1 amide bonds. The number of rotatable bonds is 10. The fraction of sp³-hybridized carbons (Fsp3) is 0.231. The van der Waals surface area contributed by atoms with Gasteiger partial charge in [-0.25, -0.2) is 0 Å². The highest BCUT2D eigenvalue weighted by atomic mass is 35.5. The first kappa shape index (κ1) is 24.1. The molecule has 1 N–H and O–H groups in total. The predicted octanol–water partition coefficient (Wildman–Crippen LogP) is 5.44. The van der Waals surface area contributed by atoms with E-state index in [4.69, 9.17) is 25.8 Å². The Balaban J connectivity index is 1.56. The van der Waals surface area contributed by atoms with Gasteiger partial charge in [0.15, 0.2) is 11.5 Å². The number of nitrogens with zero attached hydrogens (tertiary/aromatic N) is 1. The Morgan fingerprint density at radius 1 is 1.15 bits per heavy atom. The second-order valence-electron chi connectivity index (χ2n) is 7.51. The molecule has 3 rings (SSSR count). The number of halogens is 1. The number of ether oxygens (including phenoxy) is 3. The molecular weight excluding hydrogens is 440 g/mol. The first-order valence-electron chi connectivity index (χ1n) is 10.6. The third kappa shape index (κ3) is 7.54. The van der Waals surface area contributed by atoms with E-state index >= 15 is 0 Å². The summed E-state index contributed by atoms with van der Waals surface area (Å²) in [6.07, 6.45) is 4.82. The molecule has 0 unspecified atom stereocenters. The minimum absolute atomic E-state index is 0.0394. The van der Waals surface area contributed by atoms with Gasteiger partial charge >= 0.3 is 0 Å². The average molecular weight is 467 g/mol. The van der Waals surface area contributed by atoms with Crippen molar-refractivity contribution in [2.24, 2.45) is 0 Å². The Labute approximate surface area is 199 Å². The van der Waals surface area contributed by atoms with E-state index < -0.39 is 0 Å². The van der Waals surface area contributed by atoms with Gasteiger partial charge in [0.05, 0.1) is 23.9 Å². The lowest BCUT2D eigenvalue weighted by Gasteiger charge is -2.15. The number of nitrogens with one attached hydrogen (secondary N) is 1. The number of pyridine rings is 1. The summed E-state index contributed by atoms with van der Waals surface area (Å²) >= 11 is 6.34. The van der Waals surface area contributed by atoms with Crippen LogP contribution in [0.15, 0.2) is 66.9 Å². The van der Waals surface area contributed by atoms with Gasteiger partial charge in [-0.3, -0.25) is 9.78 Å². The summed E-state index contributed by atoms with van der Waals surface area (Å²) in [6.45, 7) is 4.58. The molecule has 2 aromatic carbocycles. The Morgan fingerprint density at radius 3 is 2.73 bits per heavy atom. The third-order valence-corrected chi connectivity index (χ3v) is 4.79. The van der Waals surface area contributed by atoms with E-state index in [0.29, 0.717) is 35.4 Å². The number of methoxy groups -OCH3 is 1. The summed E-state index contributed by atoms with van der Waals surface area (Å²) in [7, 11) is 1.55. The van der Waals surface area contributed by atoms with Crippen molar-refractivity contribution in [1.82, 2.24) is 10.3 Å². The van der Waals surface area contributed by atoms with Gasteiger partial charge in [-0.05, 0) is 67.4 Å². The molecule has 0 spiro atoms. The lowest BCUT2D eigenvalue weighted by atomic mass is 10.1. The lowest BCUT2D eigenvalue weighted by Crippen LogP contribution is -2.20. The molecule has 33 heavy (non-hydrogen) atoms. The van der Waals surface area contributed by atoms with E-state index in [2.05, 4.69) is 10.3 Å². The monoisotopic (exact) mass is 466 g/mol. The molecule has 1 heterocycles. The Bertz CT molecular complexity index is 1100. The van der Waals surface area contributed by atoms with Crippen molar-refractivity contribution in [3.8, 4) is 17.2 Å². The second kappa shape index (κ2) is 11.9. The summed E-state index contributed by atoms with van der Waals surface area (Å²) in [5.74, 6) is 1.49. The van der Waals surface area contributed by atoms with Crippen LogP contribution in [0.2, 0.25) is 5.02 Å². The Morgan fingerprint density at radius 2 is 2.00 bits per heavy atom. The summed E-state index contributed by atoms with van der Waals surface area (Å²) in [4.78, 5) is 16.6. The van der Waals surface area contributed by atoms with Crippen molar-refractivity contribution < 1.29 is 19.0 Å². The smallest absolute Gasteiger partial charge is 0.244 e. The van der Waals surface area contributed by atoms with E-state index in [1.54, 1.807) is 31.5 Å². The van der Waals surface area contributed by atoms with Gasteiger partial charge in [0, 0.05) is 18.8 Å². The highest BCUT2D eigenvalue weighted by Crippen LogP contribution is 2.37. The van der Waals surface area contributed by atoms with E-state index in [1.165, 1.54) is 6.08 Å². The summed E-state index contributed by atoms with van der Waals surface area (Å²) in [5, 5.41) is 3.29. The minimum Gasteiger partial charge on any atom is -0.493 e. The molecule has 1 aromatic heterocycles. The highest BCUT2D eigenvalue weighted by Gasteiger charge is 2.12. The van der Waals surface area contributed by atoms with Crippen molar-refractivity contribution in [2.45, 2.75) is 33.1 Å². The number of benzene rings is 2. The molecule has 0 aliphatic carbocycles. The molecule has 0 atom stereocenters. The van der Waals surface area contributed by atoms with Crippen LogP contribution in [0, 0.1) is 0 Å². The van der Waals surface area contributed by atoms with Gasteiger partial charge < -0.3 is 19.5 Å². The van der Waals surface area contributed by atoms with Crippen molar-refractivity contribution in [1.29, 1.82) is 0 Å². The van der Waals surface area contributed by atoms with Gasteiger partial charge in [-0.15, -0.1) is 0 Å². The molecule has 0 saturated heterocycles. The molecule has 0 radical (unpaired) electrons. The van der Waals surface area contributed by atoms with Crippen molar-refractivity contribution in [3.63, 3.8) is 0 Å². The topological polar surface area (TPSA) is 69.7 Å². The van der Waals surface area contributed by atoms with Crippen LogP contribution in [0.1, 0.15) is 30.7 Å². The average Bonchev–Trinajstić information content (AvgIpc) is 2.82. The summed E-state index contributed by atoms with van der Waals surface area (Å²) in [6, 6.07) is 16.8. The van der Waals surface area contributed by atoms with Crippen LogP contribution in [-0.2, 0) is 17.9 Å². The third-order valence-electron chi connectivity index (χ3n) is 4.51. The molecule has 0 aliphatic rings. The van der Waals surface area contributed by atoms with Crippen molar-refractivity contribution >= 4 is 23.6 Å². The van der Waals surface area contributed by atoms with Crippen LogP contribution >= 0.6 is 11.6 Å². The molecule has 6 nitrogen and oxygen atoms in total. The minimum atomic E-state index is -0.229. The first-order chi connectivity index (χ1) is 15.9. The van der Waals surface area contributed by atoms with Crippen LogP contribution in [0.3, 0.4) is 0 Å². The number of hydrogen-bond donors (Lipinski definition) is 1. The maximum absolute atomic E-state index is 12.3. The van der Waals surface area contributed by atoms with Crippen LogP contribution in [-0.4, -0.2) is 24.1 Å². The Hall–Kier alpha value is -3.51. The maximum atomic E-state index is 12.3. The molecule has 0 saturated carbocycles. The largest absolute Gasteiger partial charge is 0.493 e. The van der Waals surface area contributed by atoms with Gasteiger partial charge in [-0.2, -0.15) is 0 Å². The van der Waals surface area contributed by atoms with E-state index in [-0.39, 0.29) is 12.0 Å². The van der Waals surface area contributed by atoms with Crippen LogP contribution in [0.4, 0.5) is 0 Å². The molecule has 7 heteroatoms. The predicted molar refractivity (Wildman–Crippen MR) is 130 cm³/mol. The molecule has 172 valence electrons. The lowest BCUT2D eigenvalue weighted by molar-refractivity contribution is -0.116. The molecule has 0 aliphatic heterocycles. The normalized spacial score (nSPS) is 10.9.